The Morgan fingerprint density at radius 1 is 1.00 bits per heavy atom. The topological polar surface area (TPSA) is 49.3 Å². The number of nitrogens with zero attached hydrogens (tertiary/aromatic N) is 4. The van der Waals surface area contributed by atoms with E-state index in [0.29, 0.717) is 24.7 Å². The highest BCUT2D eigenvalue weighted by molar-refractivity contribution is 6.05. The molecule has 1 aromatic heterocycles. The molecule has 0 saturated carbocycles. The molecule has 26 heavy (non-hydrogen) atoms. The number of para-hydroxylation sites is 2. The predicted octanol–water partition coefficient (Wildman–Crippen LogP) is 3.27. The van der Waals surface area contributed by atoms with Crippen LogP contribution in [-0.2, 0) is 4.79 Å². The average Bonchev–Trinajstić information content (AvgIpc) is 2.66. The van der Waals surface area contributed by atoms with Crippen LogP contribution in [0.2, 0.25) is 0 Å². The summed E-state index contributed by atoms with van der Waals surface area (Å²) in [5, 5.41) is 0. The molecule has 5 nitrogen and oxygen atoms in total. The minimum Gasteiger partial charge on any atom is -0.355 e. The van der Waals surface area contributed by atoms with Crippen LogP contribution in [0.3, 0.4) is 0 Å². The van der Waals surface area contributed by atoms with Gasteiger partial charge in [-0.05, 0) is 35.9 Å². The fourth-order valence-electron chi connectivity index (χ4n) is 2.93. The Kier molecular flexibility index (Phi) is 4.08. The van der Waals surface area contributed by atoms with E-state index < -0.39 is 0 Å². The number of fused-ring (bicyclic) bond motifs is 2. The smallest absolute Gasteiger partial charge is 0.252 e. The van der Waals surface area contributed by atoms with Gasteiger partial charge in [0.1, 0.15) is 5.82 Å². The van der Waals surface area contributed by atoms with Crippen LogP contribution in [0, 0.1) is 5.82 Å². The Bertz CT molecular complexity index is 1000. The van der Waals surface area contributed by atoms with Gasteiger partial charge in [0.05, 0.1) is 11.0 Å². The van der Waals surface area contributed by atoms with Gasteiger partial charge in [-0.3, -0.25) is 9.69 Å². The van der Waals surface area contributed by atoms with E-state index in [9.17, 15) is 9.18 Å². The first kappa shape index (κ1) is 16.2. The molecule has 1 amide bonds. The number of carbonyl (C=O) groups excluding carboxylic acids is 1. The normalized spacial score (nSPS) is 14.1. The predicted molar refractivity (Wildman–Crippen MR) is 101 cm³/mol. The highest BCUT2D eigenvalue weighted by Gasteiger charge is 2.27. The van der Waals surface area contributed by atoms with E-state index >= 15 is 0 Å². The van der Waals surface area contributed by atoms with Crippen LogP contribution in [0.15, 0.2) is 54.6 Å². The van der Waals surface area contributed by atoms with E-state index in [2.05, 4.69) is 9.97 Å². The van der Waals surface area contributed by atoms with Crippen molar-refractivity contribution in [1.82, 2.24) is 9.97 Å². The lowest BCUT2D eigenvalue weighted by Gasteiger charge is -2.33. The molecular formula is C20H17FN4O. The summed E-state index contributed by atoms with van der Waals surface area (Å²) in [4.78, 5) is 25.7. The van der Waals surface area contributed by atoms with Gasteiger partial charge in [0.2, 0.25) is 0 Å². The summed E-state index contributed by atoms with van der Waals surface area (Å²) in [5.41, 5.74) is 2.31. The maximum atomic E-state index is 13.0. The van der Waals surface area contributed by atoms with E-state index in [1.165, 1.54) is 18.2 Å². The lowest BCUT2D eigenvalue weighted by Crippen LogP contribution is -2.43. The van der Waals surface area contributed by atoms with Gasteiger partial charge < -0.3 is 4.90 Å². The summed E-state index contributed by atoms with van der Waals surface area (Å²) in [5.74, 6) is 0.779. The van der Waals surface area contributed by atoms with E-state index in [1.807, 2.05) is 36.2 Å². The number of aromatic nitrogens is 2. The van der Waals surface area contributed by atoms with Crippen LogP contribution >= 0.6 is 0 Å². The van der Waals surface area contributed by atoms with Gasteiger partial charge in [-0.2, -0.15) is 0 Å². The lowest BCUT2D eigenvalue weighted by atomic mass is 10.2. The van der Waals surface area contributed by atoms with E-state index in [0.717, 1.165) is 16.6 Å². The number of amides is 1. The monoisotopic (exact) mass is 348 g/mol. The van der Waals surface area contributed by atoms with E-state index in [1.54, 1.807) is 23.1 Å². The quantitative estimate of drug-likeness (QED) is 0.667. The number of carbonyl (C=O) groups is 1. The summed E-state index contributed by atoms with van der Waals surface area (Å²) < 4.78 is 13.0. The molecule has 0 bridgehead atoms. The summed E-state index contributed by atoms with van der Waals surface area (Å²) in [6, 6.07) is 13.6. The van der Waals surface area contributed by atoms with Crippen molar-refractivity contribution in [3.8, 4) is 0 Å². The fraction of sp³-hybridized carbons (Fsp3) is 0.150. The Hall–Kier alpha value is -3.28. The first-order chi connectivity index (χ1) is 12.6. The maximum Gasteiger partial charge on any atom is 0.252 e. The Morgan fingerprint density at radius 2 is 1.65 bits per heavy atom. The zero-order valence-corrected chi connectivity index (χ0v) is 14.3. The minimum absolute atomic E-state index is 0.173. The second kappa shape index (κ2) is 6.55. The van der Waals surface area contributed by atoms with Crippen molar-refractivity contribution in [2.24, 2.45) is 0 Å². The van der Waals surface area contributed by atoms with Gasteiger partial charge in [0.15, 0.2) is 11.6 Å². The molecule has 1 aliphatic rings. The van der Waals surface area contributed by atoms with Crippen LogP contribution in [0.4, 0.5) is 16.0 Å². The molecule has 2 heterocycles. The van der Waals surface area contributed by atoms with Crippen LogP contribution in [0.5, 0.6) is 0 Å². The van der Waals surface area contributed by atoms with Crippen molar-refractivity contribution >= 4 is 34.7 Å². The van der Waals surface area contributed by atoms with Crippen molar-refractivity contribution in [1.29, 1.82) is 0 Å². The Balaban J connectivity index is 1.67. The number of benzene rings is 2. The molecule has 1 aliphatic heterocycles. The molecule has 0 N–H and O–H groups in total. The van der Waals surface area contributed by atoms with Crippen molar-refractivity contribution in [3.63, 3.8) is 0 Å². The average molecular weight is 348 g/mol. The maximum absolute atomic E-state index is 13.0. The van der Waals surface area contributed by atoms with Crippen LogP contribution in [0.25, 0.3) is 17.1 Å². The second-order valence-corrected chi connectivity index (χ2v) is 6.16. The van der Waals surface area contributed by atoms with Crippen molar-refractivity contribution < 1.29 is 9.18 Å². The van der Waals surface area contributed by atoms with Crippen molar-refractivity contribution in [2.75, 3.05) is 29.9 Å². The summed E-state index contributed by atoms with van der Waals surface area (Å²) in [6.07, 6.45) is 3.16. The van der Waals surface area contributed by atoms with E-state index in [4.69, 9.17) is 0 Å². The molecule has 0 fully saturated rings. The number of hydrogen-bond donors (Lipinski definition) is 0. The molecule has 2 aromatic carbocycles. The highest BCUT2D eigenvalue weighted by Crippen LogP contribution is 2.30. The third-order valence-electron chi connectivity index (χ3n) is 4.37. The molecule has 6 heteroatoms. The van der Waals surface area contributed by atoms with Crippen LogP contribution < -0.4 is 9.80 Å². The molecule has 130 valence electrons. The third kappa shape index (κ3) is 3.01. The molecular weight excluding hydrogens is 331 g/mol. The number of rotatable bonds is 2. The molecule has 0 atom stereocenters. The zero-order valence-electron chi connectivity index (χ0n) is 14.3. The summed E-state index contributed by atoms with van der Waals surface area (Å²) in [7, 11) is 1.94. The van der Waals surface area contributed by atoms with Crippen LogP contribution in [-0.4, -0.2) is 36.0 Å². The number of halogens is 1. The molecule has 0 aliphatic carbocycles. The molecule has 0 unspecified atom stereocenters. The number of likely N-dealkylation sites (N-methyl/N-ethyl adjacent to an activating group) is 1. The first-order valence-electron chi connectivity index (χ1n) is 8.35. The van der Waals surface area contributed by atoms with Gasteiger partial charge in [-0.25, -0.2) is 14.4 Å². The molecule has 3 aromatic rings. The molecule has 0 spiro atoms. The van der Waals surface area contributed by atoms with Gasteiger partial charge in [0, 0.05) is 26.2 Å². The van der Waals surface area contributed by atoms with Gasteiger partial charge in [-0.1, -0.05) is 24.3 Å². The van der Waals surface area contributed by atoms with E-state index in [-0.39, 0.29) is 11.7 Å². The molecule has 0 radical (unpaired) electrons. The fourth-order valence-corrected chi connectivity index (χ4v) is 2.93. The number of anilines is 2. The highest BCUT2D eigenvalue weighted by atomic mass is 19.1. The number of hydrogen-bond acceptors (Lipinski definition) is 4. The van der Waals surface area contributed by atoms with Gasteiger partial charge >= 0.3 is 0 Å². The Labute approximate surface area is 150 Å². The van der Waals surface area contributed by atoms with Gasteiger partial charge in [0.25, 0.3) is 5.91 Å². The summed E-state index contributed by atoms with van der Waals surface area (Å²) >= 11 is 0. The van der Waals surface area contributed by atoms with Crippen LogP contribution in [0.1, 0.15) is 5.56 Å². The lowest BCUT2D eigenvalue weighted by molar-refractivity contribution is -0.114. The summed E-state index contributed by atoms with van der Waals surface area (Å²) in [6.45, 7) is 1.21. The third-order valence-corrected chi connectivity index (χ3v) is 4.37. The minimum atomic E-state index is -0.302. The SMILES string of the molecule is CN1CCN(C(=O)/C=C/c2ccc(F)cc2)c2nc3ccccc3nc21. The molecule has 0 saturated heterocycles. The standard InChI is InChI=1S/C20H17FN4O/c1-24-12-13-25(18(26)11-8-14-6-9-15(21)10-7-14)20-19(24)22-16-4-2-3-5-17(16)23-20/h2-11H,12-13H2,1H3/b11-8+. The first-order valence-corrected chi connectivity index (χ1v) is 8.35. The second-order valence-electron chi connectivity index (χ2n) is 6.16. The van der Waals surface area contributed by atoms with Crippen molar-refractivity contribution in [2.45, 2.75) is 0 Å². The van der Waals surface area contributed by atoms with Crippen molar-refractivity contribution in [3.05, 3.63) is 66.0 Å². The zero-order chi connectivity index (χ0) is 18.1. The molecule has 4 rings (SSSR count). The largest absolute Gasteiger partial charge is 0.355 e. The van der Waals surface area contributed by atoms with Gasteiger partial charge in [-0.15, -0.1) is 0 Å². The Morgan fingerprint density at radius 3 is 2.35 bits per heavy atom.